The Balaban J connectivity index is 2.09. The molecule has 2 heterocycles. The van der Waals surface area contributed by atoms with Gasteiger partial charge in [-0.15, -0.1) is 0 Å². The Kier molecular flexibility index (Phi) is 6.70. The van der Waals surface area contributed by atoms with E-state index in [9.17, 15) is 33.0 Å². The van der Waals surface area contributed by atoms with Crippen molar-refractivity contribution >= 4 is 47.8 Å². The van der Waals surface area contributed by atoms with Crippen molar-refractivity contribution in [1.29, 1.82) is 0 Å². The van der Waals surface area contributed by atoms with Crippen LogP contribution in [0.3, 0.4) is 0 Å². The molecule has 0 fully saturated rings. The lowest BCUT2D eigenvalue weighted by Gasteiger charge is -2.21. The van der Waals surface area contributed by atoms with E-state index in [0.717, 1.165) is 17.6 Å². The SMILES string of the molecule is [B]C(O)(O)NC(=O)c1cnc(NC(=O)C(F)(F)F)cc1Nc1ccc2cnn(CC)c2c1OC. The molecule has 0 aliphatic heterocycles. The Morgan fingerprint density at radius 2 is 1.91 bits per heavy atom. The van der Waals surface area contributed by atoms with Crippen LogP contribution in [-0.2, 0) is 11.3 Å². The standard InChI is InChI=1S/C19H18BF3N6O5/c1-3-29-14-9(7-25-29)4-5-11(15(14)34-2)26-12-6-13(27-17(31)18(21,22)23)24-8-10(12)16(30)28-19(20,32)33/h4-8,32-33H,3H2,1-2H3,(H,28,30)(H2,24,26,27,31). The molecule has 34 heavy (non-hydrogen) atoms. The van der Waals surface area contributed by atoms with E-state index in [4.69, 9.17) is 12.6 Å². The van der Waals surface area contributed by atoms with Gasteiger partial charge in [-0.25, -0.2) is 4.98 Å². The van der Waals surface area contributed by atoms with Gasteiger partial charge in [0.25, 0.3) is 5.91 Å². The molecule has 0 atom stereocenters. The second kappa shape index (κ2) is 9.19. The van der Waals surface area contributed by atoms with Gasteiger partial charge in [0.2, 0.25) is 0 Å². The predicted molar refractivity (Wildman–Crippen MR) is 115 cm³/mol. The smallest absolute Gasteiger partial charge is 0.471 e. The number of aryl methyl sites for hydroxylation is 1. The highest BCUT2D eigenvalue weighted by Crippen LogP contribution is 2.36. The van der Waals surface area contributed by atoms with Gasteiger partial charge in [0.1, 0.15) is 11.3 Å². The number of hydrogen-bond donors (Lipinski definition) is 5. The number of carbonyl (C=O) groups excluding carboxylic acids is 2. The van der Waals surface area contributed by atoms with Gasteiger partial charge in [-0.3, -0.25) is 14.3 Å². The highest BCUT2D eigenvalue weighted by molar-refractivity contribution is 6.15. The van der Waals surface area contributed by atoms with Crippen molar-refractivity contribution in [2.45, 2.75) is 25.5 Å². The summed E-state index contributed by atoms with van der Waals surface area (Å²) in [4.78, 5) is 27.4. The summed E-state index contributed by atoms with van der Waals surface area (Å²) < 4.78 is 45.1. The molecule has 5 N–H and O–H groups in total. The molecule has 2 aromatic heterocycles. The Morgan fingerprint density at radius 3 is 2.50 bits per heavy atom. The van der Waals surface area contributed by atoms with Gasteiger partial charge < -0.3 is 30.9 Å². The minimum Gasteiger partial charge on any atom is -0.492 e. The summed E-state index contributed by atoms with van der Waals surface area (Å²) in [6.45, 7) is 2.36. The molecule has 1 aromatic carbocycles. The fourth-order valence-corrected chi connectivity index (χ4v) is 3.07. The summed E-state index contributed by atoms with van der Waals surface area (Å²) in [6.07, 6.45) is -2.74. The van der Waals surface area contributed by atoms with E-state index in [1.807, 2.05) is 6.92 Å². The first-order chi connectivity index (χ1) is 15.8. The number of nitrogens with zero attached hydrogens (tertiary/aromatic N) is 3. The molecule has 0 unspecified atom stereocenters. The van der Waals surface area contributed by atoms with Crippen molar-refractivity contribution in [3.05, 3.63) is 36.2 Å². The van der Waals surface area contributed by atoms with E-state index in [-0.39, 0.29) is 16.9 Å². The largest absolute Gasteiger partial charge is 0.492 e. The van der Waals surface area contributed by atoms with E-state index in [1.165, 1.54) is 7.11 Å². The summed E-state index contributed by atoms with van der Waals surface area (Å²) in [7, 11) is 6.37. The number of rotatable bonds is 7. The zero-order valence-electron chi connectivity index (χ0n) is 17.8. The molecule has 0 saturated carbocycles. The summed E-state index contributed by atoms with van der Waals surface area (Å²) in [6, 6.07) is 4.22. The molecule has 178 valence electrons. The molecule has 2 radical (unpaired) electrons. The molecular formula is C19H18BF3N6O5. The number of benzene rings is 1. The maximum Gasteiger partial charge on any atom is 0.471 e. The minimum atomic E-state index is -5.18. The first-order valence-electron chi connectivity index (χ1n) is 9.58. The Labute approximate surface area is 191 Å². The van der Waals surface area contributed by atoms with Gasteiger partial charge in [-0.1, -0.05) is 0 Å². The number of alkyl halides is 3. The lowest BCUT2D eigenvalue weighted by Crippen LogP contribution is -2.49. The summed E-state index contributed by atoms with van der Waals surface area (Å²) in [5.74, 6) is -6.72. The predicted octanol–water partition coefficient (Wildman–Crippen LogP) is 1.20. The summed E-state index contributed by atoms with van der Waals surface area (Å²) >= 11 is 0. The molecule has 15 heteroatoms. The molecule has 0 aliphatic carbocycles. The number of pyridine rings is 1. The zero-order chi connectivity index (χ0) is 25.3. The van der Waals surface area contributed by atoms with Crippen molar-refractivity contribution in [3.8, 4) is 5.75 Å². The van der Waals surface area contributed by atoms with Gasteiger partial charge in [-0.2, -0.15) is 18.3 Å². The number of fused-ring (bicyclic) bond motifs is 1. The average Bonchev–Trinajstić information content (AvgIpc) is 3.15. The van der Waals surface area contributed by atoms with Crippen molar-refractivity contribution in [1.82, 2.24) is 20.1 Å². The summed E-state index contributed by atoms with van der Waals surface area (Å²) in [5, 5.41) is 29.6. The maximum absolute atomic E-state index is 12.6. The van der Waals surface area contributed by atoms with Crippen molar-refractivity contribution in [3.63, 3.8) is 0 Å². The lowest BCUT2D eigenvalue weighted by molar-refractivity contribution is -0.167. The third kappa shape index (κ3) is 5.37. The molecular weight excluding hydrogens is 460 g/mol. The highest BCUT2D eigenvalue weighted by Gasteiger charge is 2.39. The number of hydrogen-bond acceptors (Lipinski definition) is 8. The fraction of sp³-hybridized carbons (Fsp3) is 0.263. The maximum atomic E-state index is 12.6. The van der Waals surface area contributed by atoms with Crippen LogP contribution in [0.15, 0.2) is 30.6 Å². The monoisotopic (exact) mass is 478 g/mol. The van der Waals surface area contributed by atoms with E-state index in [2.05, 4.69) is 15.4 Å². The first-order valence-corrected chi connectivity index (χ1v) is 9.58. The Hall–Kier alpha value is -3.85. The molecule has 3 aromatic rings. The number of ether oxygens (including phenoxy) is 1. The van der Waals surface area contributed by atoms with Crippen LogP contribution >= 0.6 is 0 Å². The third-order valence-corrected chi connectivity index (χ3v) is 4.48. The Bertz CT molecular complexity index is 1240. The summed E-state index contributed by atoms with van der Waals surface area (Å²) in [5.41, 5.74) is 0.390. The zero-order valence-corrected chi connectivity index (χ0v) is 17.8. The van der Waals surface area contributed by atoms with Crippen molar-refractivity contribution < 1.29 is 37.7 Å². The topological polar surface area (TPSA) is 151 Å². The molecule has 0 spiro atoms. The van der Waals surface area contributed by atoms with Crippen molar-refractivity contribution in [2.24, 2.45) is 0 Å². The normalized spacial score (nSPS) is 11.9. The molecule has 2 amide bonds. The van der Waals surface area contributed by atoms with Crippen LogP contribution in [0.1, 0.15) is 17.3 Å². The van der Waals surface area contributed by atoms with Crippen LogP contribution in [0.5, 0.6) is 5.75 Å². The fourth-order valence-electron chi connectivity index (χ4n) is 3.07. The number of carbonyl (C=O) groups is 2. The van der Waals surface area contributed by atoms with E-state index >= 15 is 0 Å². The Morgan fingerprint density at radius 1 is 1.21 bits per heavy atom. The second-order valence-corrected chi connectivity index (χ2v) is 6.92. The van der Waals surface area contributed by atoms with Crippen LogP contribution < -0.4 is 20.7 Å². The number of methoxy groups -OCH3 is 1. The number of nitrogens with one attached hydrogen (secondary N) is 3. The van der Waals surface area contributed by atoms with Crippen LogP contribution in [0.2, 0.25) is 0 Å². The minimum absolute atomic E-state index is 0.158. The third-order valence-electron chi connectivity index (χ3n) is 4.48. The average molecular weight is 478 g/mol. The number of aromatic nitrogens is 3. The van der Waals surface area contributed by atoms with Gasteiger partial charge in [0.05, 0.1) is 30.2 Å². The van der Waals surface area contributed by atoms with Crippen LogP contribution in [0.4, 0.5) is 30.4 Å². The number of amides is 2. The highest BCUT2D eigenvalue weighted by atomic mass is 19.4. The van der Waals surface area contributed by atoms with Crippen molar-refractivity contribution in [2.75, 3.05) is 17.7 Å². The molecule has 0 aliphatic rings. The van der Waals surface area contributed by atoms with Crippen LogP contribution in [0, 0.1) is 0 Å². The first kappa shape index (κ1) is 24.8. The quantitative estimate of drug-likeness (QED) is 0.251. The van der Waals surface area contributed by atoms with Gasteiger partial charge in [0, 0.05) is 24.2 Å². The number of anilines is 3. The van der Waals surface area contributed by atoms with Crippen LogP contribution in [-0.4, -0.2) is 63.7 Å². The van der Waals surface area contributed by atoms with Gasteiger partial charge in [-0.05, 0) is 19.1 Å². The van der Waals surface area contributed by atoms with Crippen LogP contribution in [0.25, 0.3) is 10.9 Å². The lowest BCUT2D eigenvalue weighted by atomic mass is 10.0. The van der Waals surface area contributed by atoms with Gasteiger partial charge in [0.15, 0.2) is 19.4 Å². The van der Waals surface area contributed by atoms with E-state index < -0.39 is 29.6 Å². The van der Waals surface area contributed by atoms with E-state index in [0.29, 0.717) is 17.8 Å². The molecule has 0 saturated heterocycles. The van der Waals surface area contributed by atoms with E-state index in [1.54, 1.807) is 33.6 Å². The molecule has 0 bridgehead atoms. The molecule has 3 rings (SSSR count). The second-order valence-electron chi connectivity index (χ2n) is 6.92. The number of aliphatic hydroxyl groups is 2. The molecule has 11 nitrogen and oxygen atoms in total. The number of halogens is 3. The van der Waals surface area contributed by atoms with Gasteiger partial charge >= 0.3 is 12.1 Å².